The average molecular weight is 332 g/mol. The highest BCUT2D eigenvalue weighted by Crippen LogP contribution is 2.17. The summed E-state index contributed by atoms with van der Waals surface area (Å²) in [6.45, 7) is 2.29. The van der Waals surface area contributed by atoms with Crippen molar-refractivity contribution >= 4 is 11.6 Å². The Balaban J connectivity index is 1.73. The Morgan fingerprint density at radius 3 is 2.46 bits per heavy atom. The van der Waals surface area contributed by atoms with Crippen molar-refractivity contribution in [1.82, 2.24) is 14.9 Å². The van der Waals surface area contributed by atoms with Crippen molar-refractivity contribution in [2.24, 2.45) is 0 Å². The fraction of sp³-hybridized carbons (Fsp3) is 0.312. The van der Waals surface area contributed by atoms with Gasteiger partial charge in [0.25, 0.3) is 11.5 Å². The first-order valence-electron chi connectivity index (χ1n) is 7.66. The van der Waals surface area contributed by atoms with Crippen molar-refractivity contribution < 1.29 is 9.18 Å². The van der Waals surface area contributed by atoms with E-state index in [0.29, 0.717) is 19.6 Å². The van der Waals surface area contributed by atoms with E-state index in [-0.39, 0.29) is 17.4 Å². The first kappa shape index (κ1) is 16.0. The van der Waals surface area contributed by atoms with Crippen LogP contribution in [0.4, 0.5) is 10.1 Å². The molecule has 24 heavy (non-hydrogen) atoms. The predicted molar refractivity (Wildman–Crippen MR) is 86.8 cm³/mol. The molecule has 2 N–H and O–H groups in total. The quantitative estimate of drug-likeness (QED) is 0.841. The van der Waals surface area contributed by atoms with Crippen LogP contribution in [0.25, 0.3) is 0 Å². The Bertz CT molecular complexity index is 815. The second kappa shape index (κ2) is 6.69. The predicted octanol–water partition coefficient (Wildman–Crippen LogP) is 0.555. The minimum Gasteiger partial charge on any atom is -0.370 e. The highest BCUT2D eigenvalue weighted by Gasteiger charge is 2.21. The standard InChI is InChI=1S/C16H17FN4O3/c17-11-2-4-12(5-3-11)20-6-1-7-21(9-8-20)15(23)13-10-14(22)19-16(24)18-13/h2-5,10H,1,6-9H2,(H2,18,19,22,24). The van der Waals surface area contributed by atoms with Gasteiger partial charge >= 0.3 is 5.69 Å². The maximum Gasteiger partial charge on any atom is 0.326 e. The summed E-state index contributed by atoms with van der Waals surface area (Å²) in [6.07, 6.45) is 0.733. The van der Waals surface area contributed by atoms with Gasteiger partial charge in [0.1, 0.15) is 11.5 Å². The van der Waals surface area contributed by atoms with E-state index in [4.69, 9.17) is 0 Å². The van der Waals surface area contributed by atoms with Crippen molar-refractivity contribution in [3.8, 4) is 0 Å². The van der Waals surface area contributed by atoms with Gasteiger partial charge in [-0.3, -0.25) is 14.6 Å². The summed E-state index contributed by atoms with van der Waals surface area (Å²) in [6, 6.07) is 7.32. The normalized spacial score (nSPS) is 15.2. The molecule has 1 aromatic carbocycles. The maximum atomic E-state index is 13.0. The zero-order valence-electron chi connectivity index (χ0n) is 12.9. The molecule has 1 aliphatic rings. The van der Waals surface area contributed by atoms with Crippen molar-refractivity contribution in [1.29, 1.82) is 0 Å². The SMILES string of the molecule is O=C(c1cc(=O)[nH]c(=O)[nH]1)N1CCCN(c2ccc(F)cc2)CC1. The van der Waals surface area contributed by atoms with E-state index in [1.807, 2.05) is 4.98 Å². The summed E-state index contributed by atoms with van der Waals surface area (Å²) < 4.78 is 13.0. The van der Waals surface area contributed by atoms with Crippen LogP contribution in [0.15, 0.2) is 39.9 Å². The fourth-order valence-electron chi connectivity index (χ4n) is 2.78. The van der Waals surface area contributed by atoms with Gasteiger partial charge in [0.15, 0.2) is 0 Å². The molecule has 0 unspecified atom stereocenters. The highest BCUT2D eigenvalue weighted by atomic mass is 19.1. The van der Waals surface area contributed by atoms with Gasteiger partial charge in [-0.1, -0.05) is 0 Å². The van der Waals surface area contributed by atoms with Crippen LogP contribution in [-0.2, 0) is 0 Å². The summed E-state index contributed by atoms with van der Waals surface area (Å²) in [5.41, 5.74) is -0.423. The molecule has 8 heteroatoms. The maximum absolute atomic E-state index is 13.0. The number of carbonyl (C=O) groups is 1. The number of carbonyl (C=O) groups excluding carboxylic acids is 1. The molecule has 7 nitrogen and oxygen atoms in total. The number of anilines is 1. The molecule has 0 atom stereocenters. The molecule has 0 bridgehead atoms. The Morgan fingerprint density at radius 2 is 1.75 bits per heavy atom. The van der Waals surface area contributed by atoms with Crippen LogP contribution < -0.4 is 16.1 Å². The van der Waals surface area contributed by atoms with Crippen molar-refractivity contribution in [2.45, 2.75) is 6.42 Å². The first-order valence-corrected chi connectivity index (χ1v) is 7.66. The number of rotatable bonds is 2. The van der Waals surface area contributed by atoms with Crippen molar-refractivity contribution in [3.05, 3.63) is 62.7 Å². The molecule has 1 amide bonds. The van der Waals surface area contributed by atoms with Crippen LogP contribution in [0, 0.1) is 5.82 Å². The summed E-state index contributed by atoms with van der Waals surface area (Å²) >= 11 is 0. The van der Waals surface area contributed by atoms with Gasteiger partial charge < -0.3 is 14.8 Å². The average Bonchev–Trinajstić information content (AvgIpc) is 2.80. The molecule has 0 aliphatic carbocycles. The topological polar surface area (TPSA) is 89.3 Å². The number of nitrogens with zero attached hydrogens (tertiary/aromatic N) is 2. The lowest BCUT2D eigenvalue weighted by molar-refractivity contribution is 0.0760. The number of benzene rings is 1. The van der Waals surface area contributed by atoms with E-state index in [1.54, 1.807) is 17.0 Å². The lowest BCUT2D eigenvalue weighted by Crippen LogP contribution is -2.37. The number of aromatic amines is 2. The minimum absolute atomic E-state index is 0.0148. The van der Waals surface area contributed by atoms with Gasteiger partial charge in [0, 0.05) is 37.9 Å². The molecule has 126 valence electrons. The van der Waals surface area contributed by atoms with E-state index < -0.39 is 11.2 Å². The van der Waals surface area contributed by atoms with E-state index >= 15 is 0 Å². The molecule has 1 saturated heterocycles. The molecule has 1 fully saturated rings. The monoisotopic (exact) mass is 332 g/mol. The molecule has 1 aliphatic heterocycles. The van der Waals surface area contributed by atoms with Crippen molar-refractivity contribution in [3.63, 3.8) is 0 Å². The number of H-pyrrole nitrogens is 2. The number of amides is 1. The number of hydrogen-bond acceptors (Lipinski definition) is 4. The van der Waals surface area contributed by atoms with Gasteiger partial charge in [0.05, 0.1) is 0 Å². The summed E-state index contributed by atoms with van der Waals surface area (Å²) in [5, 5.41) is 0. The van der Waals surface area contributed by atoms with Gasteiger partial charge in [-0.15, -0.1) is 0 Å². The van der Waals surface area contributed by atoms with E-state index in [0.717, 1.165) is 24.7 Å². The summed E-state index contributed by atoms with van der Waals surface area (Å²) in [5.74, 6) is -0.664. The van der Waals surface area contributed by atoms with Gasteiger partial charge in [-0.05, 0) is 30.7 Å². The molecule has 2 heterocycles. The molecule has 3 rings (SSSR count). The van der Waals surface area contributed by atoms with E-state index in [9.17, 15) is 18.8 Å². The zero-order chi connectivity index (χ0) is 17.1. The Labute approximate surface area is 136 Å². The molecule has 0 saturated carbocycles. The highest BCUT2D eigenvalue weighted by molar-refractivity contribution is 5.92. The third kappa shape index (κ3) is 3.53. The number of nitrogens with one attached hydrogen (secondary N) is 2. The summed E-state index contributed by atoms with van der Waals surface area (Å²) in [4.78, 5) is 43.2. The van der Waals surface area contributed by atoms with Gasteiger partial charge in [-0.25, -0.2) is 9.18 Å². The van der Waals surface area contributed by atoms with Crippen LogP contribution in [0.2, 0.25) is 0 Å². The zero-order valence-corrected chi connectivity index (χ0v) is 12.9. The largest absolute Gasteiger partial charge is 0.370 e. The Hall–Kier alpha value is -2.90. The smallest absolute Gasteiger partial charge is 0.326 e. The van der Waals surface area contributed by atoms with E-state index in [2.05, 4.69) is 9.88 Å². The van der Waals surface area contributed by atoms with Crippen LogP contribution in [0.5, 0.6) is 0 Å². The third-order valence-corrected chi connectivity index (χ3v) is 3.97. The van der Waals surface area contributed by atoms with Crippen LogP contribution in [0.3, 0.4) is 0 Å². The molecular weight excluding hydrogens is 315 g/mol. The molecular formula is C16H17FN4O3. The lowest BCUT2D eigenvalue weighted by atomic mass is 10.2. The minimum atomic E-state index is -0.700. The Morgan fingerprint density at radius 1 is 1.00 bits per heavy atom. The molecule has 2 aromatic rings. The second-order valence-electron chi connectivity index (χ2n) is 5.61. The molecule has 0 radical (unpaired) electrons. The van der Waals surface area contributed by atoms with Crippen LogP contribution >= 0.6 is 0 Å². The van der Waals surface area contributed by atoms with Crippen molar-refractivity contribution in [2.75, 3.05) is 31.1 Å². The van der Waals surface area contributed by atoms with Crippen LogP contribution in [0.1, 0.15) is 16.9 Å². The van der Waals surface area contributed by atoms with Gasteiger partial charge in [-0.2, -0.15) is 0 Å². The number of hydrogen-bond donors (Lipinski definition) is 2. The van der Waals surface area contributed by atoms with Crippen LogP contribution in [-0.4, -0.2) is 47.0 Å². The van der Waals surface area contributed by atoms with E-state index in [1.165, 1.54) is 12.1 Å². The fourth-order valence-corrected chi connectivity index (χ4v) is 2.78. The Kier molecular flexibility index (Phi) is 4.45. The number of halogens is 1. The molecule has 1 aromatic heterocycles. The summed E-state index contributed by atoms with van der Waals surface area (Å²) in [7, 11) is 0. The third-order valence-electron chi connectivity index (χ3n) is 3.97. The number of aromatic nitrogens is 2. The molecule has 0 spiro atoms. The second-order valence-corrected chi connectivity index (χ2v) is 5.61. The van der Waals surface area contributed by atoms with Gasteiger partial charge in [0.2, 0.25) is 0 Å². The lowest BCUT2D eigenvalue weighted by Gasteiger charge is -2.23. The first-order chi connectivity index (χ1) is 11.5.